The zero-order chi connectivity index (χ0) is 22.9. The Labute approximate surface area is 214 Å². The molecule has 3 aliphatic rings. The van der Waals surface area contributed by atoms with Gasteiger partial charge in [-0.1, -0.05) is 60.6 Å². The monoisotopic (exact) mass is 517 g/mol. The molecule has 174 valence electrons. The second kappa shape index (κ2) is 10.2. The molecule has 1 aliphatic heterocycles. The van der Waals surface area contributed by atoms with Crippen LogP contribution in [0.25, 0.3) is 16.5 Å². The number of halogens is 1. The number of carbonyl (C=O) groups is 1. The molecule has 1 aromatic heterocycles. The van der Waals surface area contributed by atoms with Crippen LogP contribution in [-0.4, -0.2) is 32.9 Å². The predicted molar refractivity (Wildman–Crippen MR) is 144 cm³/mol. The van der Waals surface area contributed by atoms with Crippen LogP contribution in [0.2, 0.25) is 5.02 Å². The van der Waals surface area contributed by atoms with Crippen molar-refractivity contribution in [2.75, 3.05) is 6.61 Å². The third kappa shape index (κ3) is 4.96. The number of amides is 1. The van der Waals surface area contributed by atoms with E-state index in [9.17, 15) is 4.79 Å². The SMILES string of the molecule is O=C1/C(=C/c2sc(-c3cccc(Cl)c3)cc2CCCCCO)SC(=S)N1C1CC2CCC1C2. The Hall–Kier alpha value is -1.18. The van der Waals surface area contributed by atoms with Crippen molar-refractivity contribution in [3.05, 3.63) is 50.7 Å². The van der Waals surface area contributed by atoms with E-state index in [1.807, 2.05) is 23.1 Å². The van der Waals surface area contributed by atoms with E-state index < -0.39 is 0 Å². The van der Waals surface area contributed by atoms with Crippen molar-refractivity contribution in [3.63, 3.8) is 0 Å². The van der Waals surface area contributed by atoms with Crippen LogP contribution in [0, 0.1) is 11.8 Å². The maximum absolute atomic E-state index is 13.4. The number of aryl methyl sites for hydroxylation is 1. The maximum atomic E-state index is 13.4. The number of hydrogen-bond donors (Lipinski definition) is 1. The minimum Gasteiger partial charge on any atom is -0.396 e. The highest BCUT2D eigenvalue weighted by Crippen LogP contribution is 2.49. The van der Waals surface area contributed by atoms with Gasteiger partial charge in [-0.25, -0.2) is 0 Å². The second-order valence-electron chi connectivity index (χ2n) is 9.34. The number of thioether (sulfide) groups is 1. The molecule has 2 heterocycles. The van der Waals surface area contributed by atoms with Gasteiger partial charge >= 0.3 is 0 Å². The zero-order valence-electron chi connectivity index (χ0n) is 18.5. The first-order chi connectivity index (χ1) is 16.0. The summed E-state index contributed by atoms with van der Waals surface area (Å²) < 4.78 is 0.722. The Balaban J connectivity index is 1.42. The Morgan fingerprint density at radius 2 is 2.06 bits per heavy atom. The lowest BCUT2D eigenvalue weighted by Crippen LogP contribution is -2.41. The Kier molecular flexibility index (Phi) is 7.29. The molecule has 1 amide bonds. The van der Waals surface area contributed by atoms with Gasteiger partial charge in [-0.15, -0.1) is 11.3 Å². The maximum Gasteiger partial charge on any atom is 0.266 e. The second-order valence-corrected chi connectivity index (χ2v) is 12.5. The zero-order valence-corrected chi connectivity index (χ0v) is 21.7. The molecule has 0 radical (unpaired) electrons. The van der Waals surface area contributed by atoms with E-state index >= 15 is 0 Å². The van der Waals surface area contributed by atoms with Crippen LogP contribution in [0.3, 0.4) is 0 Å². The standard InChI is InChI=1S/C26H28ClNO2S3/c27-20-7-4-6-18(13-20)22-14-19(5-2-1-3-10-29)23(32-22)15-24-25(30)28(26(31)33-24)21-12-16-8-9-17(21)11-16/h4,6-7,13-17,21,29H,1-3,5,8-12H2/b24-15-. The van der Waals surface area contributed by atoms with E-state index in [2.05, 4.69) is 18.2 Å². The molecule has 5 rings (SSSR count). The van der Waals surface area contributed by atoms with E-state index in [1.165, 1.54) is 36.6 Å². The fraction of sp³-hybridized carbons (Fsp3) is 0.462. The third-order valence-corrected chi connectivity index (χ3v) is 9.91. The molecule has 33 heavy (non-hydrogen) atoms. The molecule has 3 unspecified atom stereocenters. The van der Waals surface area contributed by atoms with Crippen LogP contribution < -0.4 is 0 Å². The lowest BCUT2D eigenvalue weighted by Gasteiger charge is -2.30. The predicted octanol–water partition coefficient (Wildman–Crippen LogP) is 7.16. The lowest BCUT2D eigenvalue weighted by molar-refractivity contribution is -0.124. The van der Waals surface area contributed by atoms with Gasteiger partial charge in [0.25, 0.3) is 5.91 Å². The molecule has 2 saturated carbocycles. The van der Waals surface area contributed by atoms with Gasteiger partial charge in [0, 0.05) is 27.4 Å². The van der Waals surface area contributed by atoms with Gasteiger partial charge in [-0.05, 0) is 85.8 Å². The van der Waals surface area contributed by atoms with Crippen molar-refractivity contribution in [1.82, 2.24) is 4.90 Å². The van der Waals surface area contributed by atoms with Crippen molar-refractivity contribution < 1.29 is 9.90 Å². The summed E-state index contributed by atoms with van der Waals surface area (Å²) in [5, 5.41) is 9.84. The van der Waals surface area contributed by atoms with Crippen LogP contribution in [0.1, 0.15) is 55.4 Å². The lowest BCUT2D eigenvalue weighted by atomic mass is 9.94. The molecule has 0 spiro atoms. The van der Waals surface area contributed by atoms with Gasteiger partial charge in [-0.3, -0.25) is 9.69 Å². The average molecular weight is 518 g/mol. The highest BCUT2D eigenvalue weighted by Gasteiger charge is 2.48. The highest BCUT2D eigenvalue weighted by atomic mass is 35.5. The number of thiocarbonyl (C=S) groups is 1. The molecular formula is C26H28ClNO2S3. The Bertz CT molecular complexity index is 1090. The van der Waals surface area contributed by atoms with Crippen molar-refractivity contribution in [1.29, 1.82) is 0 Å². The van der Waals surface area contributed by atoms with Crippen LogP contribution in [-0.2, 0) is 11.2 Å². The van der Waals surface area contributed by atoms with Crippen LogP contribution in [0.4, 0.5) is 0 Å². The molecule has 1 saturated heterocycles. The summed E-state index contributed by atoms with van der Waals surface area (Å²) in [6.07, 6.45) is 10.7. The summed E-state index contributed by atoms with van der Waals surface area (Å²) in [7, 11) is 0. The summed E-state index contributed by atoms with van der Waals surface area (Å²) in [5.41, 5.74) is 2.34. The topological polar surface area (TPSA) is 40.5 Å². The van der Waals surface area contributed by atoms with E-state index in [4.69, 9.17) is 28.9 Å². The summed E-state index contributed by atoms with van der Waals surface area (Å²) in [4.78, 5) is 18.4. The summed E-state index contributed by atoms with van der Waals surface area (Å²) in [6.45, 7) is 0.232. The van der Waals surface area contributed by atoms with Gasteiger partial charge in [-0.2, -0.15) is 0 Å². The van der Waals surface area contributed by atoms with Gasteiger partial charge in [0.15, 0.2) is 0 Å². The molecule has 2 aromatic rings. The fourth-order valence-electron chi connectivity index (χ4n) is 5.56. The Morgan fingerprint density at radius 3 is 2.79 bits per heavy atom. The summed E-state index contributed by atoms with van der Waals surface area (Å²) in [5.74, 6) is 1.48. The first-order valence-electron chi connectivity index (χ1n) is 11.8. The largest absolute Gasteiger partial charge is 0.396 e. The van der Waals surface area contributed by atoms with Crippen molar-refractivity contribution in [2.45, 2.75) is 57.4 Å². The molecule has 3 atom stereocenters. The van der Waals surface area contributed by atoms with E-state index in [0.29, 0.717) is 12.0 Å². The quantitative estimate of drug-likeness (QED) is 0.229. The van der Waals surface area contributed by atoms with Crippen molar-refractivity contribution >= 4 is 63.2 Å². The van der Waals surface area contributed by atoms with Gasteiger partial charge in [0.1, 0.15) is 4.32 Å². The van der Waals surface area contributed by atoms with E-state index in [-0.39, 0.29) is 12.5 Å². The van der Waals surface area contributed by atoms with E-state index in [1.54, 1.807) is 11.3 Å². The van der Waals surface area contributed by atoms with Crippen LogP contribution in [0.5, 0.6) is 0 Å². The number of rotatable bonds is 8. The molecule has 1 N–H and O–H groups in total. The smallest absolute Gasteiger partial charge is 0.266 e. The molecule has 2 bridgehead atoms. The number of nitrogens with zero attached hydrogens (tertiary/aromatic N) is 1. The molecular weight excluding hydrogens is 490 g/mol. The number of hydrogen-bond acceptors (Lipinski definition) is 5. The van der Waals surface area contributed by atoms with Crippen molar-refractivity contribution in [3.8, 4) is 10.4 Å². The van der Waals surface area contributed by atoms with Gasteiger partial charge in [0.2, 0.25) is 0 Å². The molecule has 1 aromatic carbocycles. The number of aliphatic hydroxyl groups excluding tert-OH is 1. The third-order valence-electron chi connectivity index (χ3n) is 7.17. The number of unbranched alkanes of at least 4 members (excludes halogenated alkanes) is 2. The first kappa shape index (κ1) is 23.6. The van der Waals surface area contributed by atoms with Crippen LogP contribution in [0.15, 0.2) is 35.2 Å². The summed E-state index contributed by atoms with van der Waals surface area (Å²) in [6, 6.07) is 10.4. The molecule has 3 nitrogen and oxygen atoms in total. The molecule has 7 heteroatoms. The number of thiophene rings is 1. The number of carbonyl (C=O) groups excluding carboxylic acids is 1. The average Bonchev–Trinajstić information content (AvgIpc) is 3.56. The number of fused-ring (bicyclic) bond motifs is 2. The van der Waals surface area contributed by atoms with Gasteiger partial charge < -0.3 is 5.11 Å². The van der Waals surface area contributed by atoms with Crippen molar-refractivity contribution in [2.24, 2.45) is 11.8 Å². The molecule has 2 aliphatic carbocycles. The number of benzene rings is 1. The first-order valence-corrected chi connectivity index (χ1v) is 14.2. The van der Waals surface area contributed by atoms with E-state index in [0.717, 1.165) is 67.6 Å². The normalized spacial score (nSPS) is 25.7. The minimum atomic E-state index is 0.0893. The summed E-state index contributed by atoms with van der Waals surface area (Å²) >= 11 is 15.1. The minimum absolute atomic E-state index is 0.0893. The highest BCUT2D eigenvalue weighted by molar-refractivity contribution is 8.26. The fourth-order valence-corrected chi connectivity index (χ4v) is 8.33. The Morgan fingerprint density at radius 1 is 1.18 bits per heavy atom. The van der Waals surface area contributed by atoms with Crippen LogP contribution >= 0.6 is 46.9 Å². The number of aliphatic hydroxyl groups is 1. The van der Waals surface area contributed by atoms with Gasteiger partial charge in [0.05, 0.1) is 4.91 Å². The molecule has 3 fully saturated rings.